The maximum atomic E-state index is 3.81. The predicted molar refractivity (Wildman–Crippen MR) is 97.6 cm³/mol. The van der Waals surface area contributed by atoms with Crippen LogP contribution in [0.2, 0.25) is 0 Å². The van der Waals surface area contributed by atoms with E-state index in [4.69, 9.17) is 0 Å². The van der Waals surface area contributed by atoms with Crippen LogP contribution in [0.3, 0.4) is 0 Å². The molecule has 0 aromatic heterocycles. The van der Waals surface area contributed by atoms with Crippen molar-refractivity contribution in [1.29, 1.82) is 0 Å². The van der Waals surface area contributed by atoms with Crippen molar-refractivity contribution in [3.05, 3.63) is 24.9 Å². The average molecular weight is 294 g/mol. The van der Waals surface area contributed by atoms with E-state index in [0.29, 0.717) is 5.54 Å². The topological polar surface area (TPSA) is 3.24 Å². The highest BCUT2D eigenvalue weighted by Gasteiger charge is 2.27. The minimum Gasteiger partial charge on any atom is -0.372 e. The van der Waals surface area contributed by atoms with Crippen molar-refractivity contribution in [2.45, 2.75) is 97.4 Å². The van der Waals surface area contributed by atoms with Crippen molar-refractivity contribution < 1.29 is 0 Å². The molecular formula is C20H39N. The summed E-state index contributed by atoms with van der Waals surface area (Å²) in [4.78, 5) is 2.53. The molecule has 124 valence electrons. The highest BCUT2D eigenvalue weighted by atomic mass is 15.2. The molecular weight excluding hydrogens is 254 g/mol. The number of allylic oxidation sites excluding steroid dienone is 2. The summed E-state index contributed by atoms with van der Waals surface area (Å²) in [6.45, 7) is 14.2. The first kappa shape index (κ1) is 20.3. The number of hydrogen-bond donors (Lipinski definition) is 0. The molecule has 0 bridgehead atoms. The largest absolute Gasteiger partial charge is 0.372 e. The van der Waals surface area contributed by atoms with Gasteiger partial charge >= 0.3 is 0 Å². The molecule has 0 heterocycles. The Labute approximate surface area is 134 Å². The van der Waals surface area contributed by atoms with E-state index in [0.717, 1.165) is 6.54 Å². The molecule has 0 aliphatic heterocycles. The third-order valence-corrected chi connectivity index (χ3v) is 4.57. The third kappa shape index (κ3) is 9.01. The van der Waals surface area contributed by atoms with E-state index in [-0.39, 0.29) is 0 Å². The molecule has 0 N–H and O–H groups in total. The third-order valence-electron chi connectivity index (χ3n) is 4.57. The molecule has 0 aromatic rings. The second-order valence-corrected chi connectivity index (χ2v) is 6.48. The van der Waals surface area contributed by atoms with Gasteiger partial charge < -0.3 is 4.90 Å². The van der Waals surface area contributed by atoms with Gasteiger partial charge in [0.25, 0.3) is 0 Å². The van der Waals surface area contributed by atoms with Crippen molar-refractivity contribution >= 4 is 0 Å². The quantitative estimate of drug-likeness (QED) is 0.254. The van der Waals surface area contributed by atoms with Gasteiger partial charge in [-0.2, -0.15) is 0 Å². The molecule has 0 amide bonds. The van der Waals surface area contributed by atoms with E-state index in [1.165, 1.54) is 64.2 Å². The van der Waals surface area contributed by atoms with Crippen molar-refractivity contribution in [1.82, 2.24) is 4.90 Å². The maximum absolute atomic E-state index is 3.81. The minimum atomic E-state index is 0.315. The standard InChI is InChI=1S/C20H39N/c1-6-10-13-15-17-20(5,18-16-14-11-7-2)21(9-4)19-12-8-3/h8,12,19H,3,6-7,9-11,13-18H2,1-2,4-5H3/b19-12-. The van der Waals surface area contributed by atoms with E-state index in [2.05, 4.69) is 51.4 Å². The van der Waals surface area contributed by atoms with Gasteiger partial charge in [-0.3, -0.25) is 0 Å². The number of unbranched alkanes of at least 4 members (excludes halogenated alkanes) is 6. The van der Waals surface area contributed by atoms with Gasteiger partial charge in [0.2, 0.25) is 0 Å². The van der Waals surface area contributed by atoms with Crippen LogP contribution in [0.15, 0.2) is 24.9 Å². The molecule has 21 heavy (non-hydrogen) atoms. The summed E-state index contributed by atoms with van der Waals surface area (Å²) in [5, 5.41) is 0. The Hall–Kier alpha value is -0.720. The van der Waals surface area contributed by atoms with E-state index in [9.17, 15) is 0 Å². The van der Waals surface area contributed by atoms with Crippen molar-refractivity contribution in [3.63, 3.8) is 0 Å². The summed E-state index contributed by atoms with van der Waals surface area (Å²) in [6, 6.07) is 0. The second kappa shape index (κ2) is 13.0. The van der Waals surface area contributed by atoms with Crippen LogP contribution in [0.5, 0.6) is 0 Å². The van der Waals surface area contributed by atoms with Crippen LogP contribution in [-0.4, -0.2) is 17.0 Å². The van der Waals surface area contributed by atoms with E-state index in [1.807, 2.05) is 6.08 Å². The zero-order valence-electron chi connectivity index (χ0n) is 15.2. The summed E-state index contributed by atoms with van der Waals surface area (Å²) < 4.78 is 0. The second-order valence-electron chi connectivity index (χ2n) is 6.48. The Kier molecular flexibility index (Phi) is 12.5. The van der Waals surface area contributed by atoms with Crippen LogP contribution in [0, 0.1) is 0 Å². The highest BCUT2D eigenvalue weighted by molar-refractivity contribution is 5.01. The monoisotopic (exact) mass is 293 g/mol. The van der Waals surface area contributed by atoms with E-state index < -0.39 is 0 Å². The first-order valence-corrected chi connectivity index (χ1v) is 9.20. The Bertz CT molecular complexity index is 255. The average Bonchev–Trinajstić information content (AvgIpc) is 2.49. The van der Waals surface area contributed by atoms with Crippen molar-refractivity contribution in [2.75, 3.05) is 6.54 Å². The predicted octanol–water partition coefficient (Wildman–Crippen LogP) is 6.71. The summed E-state index contributed by atoms with van der Waals surface area (Å²) in [5.74, 6) is 0. The normalized spacial score (nSPS) is 12.0. The number of nitrogens with zero attached hydrogens (tertiary/aromatic N) is 1. The smallest absolute Gasteiger partial charge is 0.0368 e. The fourth-order valence-electron chi connectivity index (χ4n) is 3.11. The van der Waals surface area contributed by atoms with Gasteiger partial charge in [-0.05, 0) is 39.0 Å². The summed E-state index contributed by atoms with van der Waals surface area (Å²) in [7, 11) is 0. The fourth-order valence-corrected chi connectivity index (χ4v) is 3.11. The van der Waals surface area contributed by atoms with Gasteiger partial charge in [-0.25, -0.2) is 0 Å². The lowest BCUT2D eigenvalue weighted by atomic mass is 9.86. The van der Waals surface area contributed by atoms with Crippen LogP contribution in [0.1, 0.15) is 91.9 Å². The van der Waals surface area contributed by atoms with Gasteiger partial charge in [0.05, 0.1) is 0 Å². The van der Waals surface area contributed by atoms with Gasteiger partial charge in [0.1, 0.15) is 0 Å². The summed E-state index contributed by atoms with van der Waals surface area (Å²) >= 11 is 0. The zero-order valence-corrected chi connectivity index (χ0v) is 15.2. The molecule has 0 saturated carbocycles. The molecule has 0 radical (unpaired) electrons. The van der Waals surface area contributed by atoms with E-state index >= 15 is 0 Å². The molecule has 0 aliphatic carbocycles. The number of rotatable bonds is 14. The van der Waals surface area contributed by atoms with Crippen LogP contribution >= 0.6 is 0 Å². The molecule has 0 rings (SSSR count). The van der Waals surface area contributed by atoms with E-state index in [1.54, 1.807) is 0 Å². The summed E-state index contributed by atoms with van der Waals surface area (Å²) in [6.07, 6.45) is 19.7. The maximum Gasteiger partial charge on any atom is 0.0368 e. The lowest BCUT2D eigenvalue weighted by molar-refractivity contribution is 0.138. The first-order chi connectivity index (χ1) is 10.1. The Balaban J connectivity index is 4.60. The lowest BCUT2D eigenvalue weighted by Crippen LogP contribution is -2.43. The first-order valence-electron chi connectivity index (χ1n) is 9.20. The fraction of sp³-hybridized carbons (Fsp3) is 0.800. The minimum absolute atomic E-state index is 0.315. The molecule has 0 atom stereocenters. The van der Waals surface area contributed by atoms with Crippen molar-refractivity contribution in [3.8, 4) is 0 Å². The van der Waals surface area contributed by atoms with Gasteiger partial charge in [0, 0.05) is 12.1 Å². The Morgan fingerprint density at radius 2 is 1.38 bits per heavy atom. The van der Waals surface area contributed by atoms with Crippen LogP contribution < -0.4 is 0 Å². The summed E-state index contributed by atoms with van der Waals surface area (Å²) in [5.41, 5.74) is 0.315. The van der Waals surface area contributed by atoms with Gasteiger partial charge in [-0.15, -0.1) is 0 Å². The number of hydrogen-bond acceptors (Lipinski definition) is 1. The molecule has 0 spiro atoms. The van der Waals surface area contributed by atoms with Crippen LogP contribution in [0.25, 0.3) is 0 Å². The molecule has 0 saturated heterocycles. The van der Waals surface area contributed by atoms with Crippen LogP contribution in [-0.2, 0) is 0 Å². The van der Waals surface area contributed by atoms with Crippen LogP contribution in [0.4, 0.5) is 0 Å². The Morgan fingerprint density at radius 3 is 1.76 bits per heavy atom. The molecule has 1 nitrogen and oxygen atoms in total. The van der Waals surface area contributed by atoms with Gasteiger partial charge in [-0.1, -0.05) is 77.9 Å². The molecule has 1 heteroatoms. The molecule has 0 aliphatic rings. The molecule has 0 aromatic carbocycles. The molecule has 0 fully saturated rings. The zero-order chi connectivity index (χ0) is 16.0. The Morgan fingerprint density at radius 1 is 0.857 bits per heavy atom. The van der Waals surface area contributed by atoms with Crippen molar-refractivity contribution in [2.24, 2.45) is 0 Å². The highest BCUT2D eigenvalue weighted by Crippen LogP contribution is 2.29. The molecule has 0 unspecified atom stereocenters. The SMILES string of the molecule is C=C/C=C\N(CC)C(C)(CCCCCC)CCCCCC. The lowest BCUT2D eigenvalue weighted by Gasteiger charge is -2.41. The van der Waals surface area contributed by atoms with Gasteiger partial charge in [0.15, 0.2) is 0 Å².